The maximum absolute atomic E-state index is 8.93. The van der Waals surface area contributed by atoms with E-state index in [9.17, 15) is 0 Å². The van der Waals surface area contributed by atoms with Gasteiger partial charge in [0, 0.05) is 6.04 Å². The molecule has 0 aromatic carbocycles. The molecule has 3 atom stereocenters. The van der Waals surface area contributed by atoms with Gasteiger partial charge in [0.05, 0.1) is 6.61 Å². The normalized spacial score (nSPS) is 48.9. The van der Waals surface area contributed by atoms with Crippen LogP contribution in [0.4, 0.5) is 0 Å². The quantitative estimate of drug-likeness (QED) is 0.547. The molecule has 2 aliphatic rings. The second-order valence-corrected chi connectivity index (χ2v) is 4.15. The fourth-order valence-electron chi connectivity index (χ4n) is 2.56. The van der Waals surface area contributed by atoms with Crippen LogP contribution in [0.2, 0.25) is 0 Å². The maximum atomic E-state index is 8.93. The summed E-state index contributed by atoms with van der Waals surface area (Å²) in [4.78, 5) is 0. The number of rotatable bonds is 1. The molecule has 0 bridgehead atoms. The van der Waals surface area contributed by atoms with E-state index in [0.29, 0.717) is 18.1 Å². The number of nitrogens with one attached hydrogen (secondary N) is 1. The van der Waals surface area contributed by atoms with E-state index in [-0.39, 0.29) is 0 Å². The SMILES string of the molecule is CC1(C)C2[C@@H](CO)NC[C@@H]21. The molecule has 2 heteroatoms. The molecule has 1 saturated heterocycles. The summed E-state index contributed by atoms with van der Waals surface area (Å²) in [6, 6.07) is 0.389. The van der Waals surface area contributed by atoms with Gasteiger partial charge in [-0.1, -0.05) is 13.8 Å². The minimum absolute atomic E-state index is 0.310. The van der Waals surface area contributed by atoms with Crippen LogP contribution in [0.3, 0.4) is 0 Å². The number of fused-ring (bicyclic) bond motifs is 1. The van der Waals surface area contributed by atoms with Crippen LogP contribution >= 0.6 is 0 Å². The standard InChI is InChI=1S/C8H15NO/c1-8(2)5-3-9-6(4-10)7(5)8/h5-7,9-10H,3-4H2,1-2H3/t5-,6+,7?/m0/s1. The van der Waals surface area contributed by atoms with E-state index < -0.39 is 0 Å². The molecule has 2 N–H and O–H groups in total. The zero-order valence-corrected chi connectivity index (χ0v) is 6.59. The van der Waals surface area contributed by atoms with Gasteiger partial charge in [0.15, 0.2) is 0 Å². The lowest BCUT2D eigenvalue weighted by atomic mass is 10.0. The van der Waals surface area contributed by atoms with E-state index in [4.69, 9.17) is 5.11 Å². The van der Waals surface area contributed by atoms with Gasteiger partial charge in [-0.25, -0.2) is 0 Å². The van der Waals surface area contributed by atoms with Crippen molar-refractivity contribution in [1.29, 1.82) is 0 Å². The molecular weight excluding hydrogens is 126 g/mol. The van der Waals surface area contributed by atoms with Crippen molar-refractivity contribution in [1.82, 2.24) is 5.32 Å². The largest absolute Gasteiger partial charge is 0.395 e. The summed E-state index contributed by atoms with van der Waals surface area (Å²) < 4.78 is 0. The molecule has 2 fully saturated rings. The molecule has 0 aromatic rings. The summed E-state index contributed by atoms with van der Waals surface area (Å²) in [5.74, 6) is 1.59. The summed E-state index contributed by atoms with van der Waals surface area (Å²) in [5.41, 5.74) is 0.513. The molecule has 1 unspecified atom stereocenters. The van der Waals surface area contributed by atoms with E-state index in [1.165, 1.54) is 0 Å². The summed E-state index contributed by atoms with van der Waals surface area (Å²) in [6.45, 7) is 6.02. The average Bonchev–Trinajstić information content (AvgIpc) is 2.28. The number of hydrogen-bond acceptors (Lipinski definition) is 2. The third-order valence-corrected chi connectivity index (χ3v) is 3.37. The van der Waals surface area contributed by atoms with Crippen molar-refractivity contribution in [2.45, 2.75) is 19.9 Å². The Balaban J connectivity index is 2.07. The Hall–Kier alpha value is -0.0800. The molecule has 1 heterocycles. The number of hydrogen-bond donors (Lipinski definition) is 2. The predicted octanol–water partition coefficient (Wildman–Crippen LogP) is 0.223. The van der Waals surface area contributed by atoms with Crippen molar-refractivity contribution in [2.24, 2.45) is 17.3 Å². The highest BCUT2D eigenvalue weighted by molar-refractivity contribution is 5.14. The van der Waals surface area contributed by atoms with Crippen molar-refractivity contribution >= 4 is 0 Å². The van der Waals surface area contributed by atoms with Gasteiger partial charge >= 0.3 is 0 Å². The molecule has 2 rings (SSSR count). The molecular formula is C8H15NO. The minimum atomic E-state index is 0.310. The Morgan fingerprint density at radius 3 is 2.60 bits per heavy atom. The van der Waals surface area contributed by atoms with Crippen LogP contribution in [0.1, 0.15) is 13.8 Å². The van der Waals surface area contributed by atoms with Crippen LogP contribution in [0.15, 0.2) is 0 Å². The van der Waals surface area contributed by atoms with Crippen LogP contribution in [0, 0.1) is 17.3 Å². The van der Waals surface area contributed by atoms with Gasteiger partial charge in [0.2, 0.25) is 0 Å². The topological polar surface area (TPSA) is 32.3 Å². The minimum Gasteiger partial charge on any atom is -0.395 e. The lowest BCUT2D eigenvalue weighted by Gasteiger charge is -2.15. The predicted molar refractivity (Wildman–Crippen MR) is 39.6 cm³/mol. The van der Waals surface area contributed by atoms with Crippen LogP contribution in [0.5, 0.6) is 0 Å². The highest BCUT2D eigenvalue weighted by Gasteiger charge is 2.63. The molecule has 2 nitrogen and oxygen atoms in total. The van der Waals surface area contributed by atoms with Crippen LogP contribution in [0.25, 0.3) is 0 Å². The highest BCUT2D eigenvalue weighted by atomic mass is 16.3. The fourth-order valence-corrected chi connectivity index (χ4v) is 2.56. The molecule has 1 aliphatic carbocycles. The molecule has 58 valence electrons. The van der Waals surface area contributed by atoms with Gasteiger partial charge in [-0.05, 0) is 23.8 Å². The summed E-state index contributed by atoms with van der Waals surface area (Å²) >= 11 is 0. The molecule has 0 amide bonds. The van der Waals surface area contributed by atoms with Crippen LogP contribution in [-0.2, 0) is 0 Å². The first kappa shape index (κ1) is 6.62. The second kappa shape index (κ2) is 1.74. The second-order valence-electron chi connectivity index (χ2n) is 4.15. The van der Waals surface area contributed by atoms with Gasteiger partial charge in [-0.3, -0.25) is 0 Å². The summed E-state index contributed by atoms with van der Waals surface area (Å²) in [7, 11) is 0. The third-order valence-electron chi connectivity index (χ3n) is 3.37. The Kier molecular flexibility index (Phi) is 1.15. The van der Waals surface area contributed by atoms with Crippen molar-refractivity contribution in [3.05, 3.63) is 0 Å². The Labute approximate surface area is 61.6 Å². The monoisotopic (exact) mass is 141 g/mol. The molecule has 1 saturated carbocycles. The number of piperidine rings is 1. The van der Waals surface area contributed by atoms with Gasteiger partial charge in [0.1, 0.15) is 0 Å². The van der Waals surface area contributed by atoms with Gasteiger partial charge < -0.3 is 10.4 Å². The first-order valence-electron chi connectivity index (χ1n) is 4.02. The fraction of sp³-hybridized carbons (Fsp3) is 1.00. The number of aliphatic hydroxyl groups is 1. The van der Waals surface area contributed by atoms with E-state index in [0.717, 1.165) is 18.4 Å². The molecule has 10 heavy (non-hydrogen) atoms. The van der Waals surface area contributed by atoms with Crippen LogP contribution < -0.4 is 5.32 Å². The smallest absolute Gasteiger partial charge is 0.0587 e. The molecule has 0 spiro atoms. The Morgan fingerprint density at radius 2 is 2.30 bits per heavy atom. The Morgan fingerprint density at radius 1 is 1.60 bits per heavy atom. The van der Waals surface area contributed by atoms with Gasteiger partial charge in [-0.2, -0.15) is 0 Å². The zero-order chi connectivity index (χ0) is 7.35. The molecule has 0 radical (unpaired) electrons. The summed E-state index contributed by atoms with van der Waals surface area (Å²) in [6.07, 6.45) is 0. The maximum Gasteiger partial charge on any atom is 0.0587 e. The molecule has 0 aromatic heterocycles. The van der Waals surface area contributed by atoms with E-state index in [1.807, 2.05) is 0 Å². The van der Waals surface area contributed by atoms with E-state index >= 15 is 0 Å². The summed E-state index contributed by atoms with van der Waals surface area (Å²) in [5, 5.41) is 12.2. The van der Waals surface area contributed by atoms with Crippen molar-refractivity contribution in [2.75, 3.05) is 13.2 Å². The van der Waals surface area contributed by atoms with Crippen molar-refractivity contribution < 1.29 is 5.11 Å². The van der Waals surface area contributed by atoms with Gasteiger partial charge in [-0.15, -0.1) is 0 Å². The lowest BCUT2D eigenvalue weighted by Crippen LogP contribution is -2.33. The van der Waals surface area contributed by atoms with E-state index in [1.54, 1.807) is 0 Å². The van der Waals surface area contributed by atoms with Crippen LogP contribution in [-0.4, -0.2) is 24.3 Å². The zero-order valence-electron chi connectivity index (χ0n) is 6.59. The lowest BCUT2D eigenvalue weighted by molar-refractivity contribution is 0.226. The van der Waals surface area contributed by atoms with E-state index in [2.05, 4.69) is 19.2 Å². The first-order valence-corrected chi connectivity index (χ1v) is 4.02. The highest BCUT2D eigenvalue weighted by Crippen LogP contribution is 2.62. The molecule has 1 aliphatic heterocycles. The number of aliphatic hydroxyl groups excluding tert-OH is 1. The van der Waals surface area contributed by atoms with Crippen molar-refractivity contribution in [3.8, 4) is 0 Å². The third kappa shape index (κ3) is 0.611. The van der Waals surface area contributed by atoms with Crippen molar-refractivity contribution in [3.63, 3.8) is 0 Å². The average molecular weight is 141 g/mol. The Bertz CT molecular complexity index is 155. The van der Waals surface area contributed by atoms with Gasteiger partial charge in [0.25, 0.3) is 0 Å². The first-order chi connectivity index (χ1) is 4.68.